The van der Waals surface area contributed by atoms with E-state index in [1.54, 1.807) is 4.68 Å². The second kappa shape index (κ2) is 10.5. The first-order valence-electron chi connectivity index (χ1n) is 10.3. The number of amides is 1. The molecule has 186 valence electrons. The van der Waals surface area contributed by atoms with Gasteiger partial charge >= 0.3 is 18.1 Å². The van der Waals surface area contributed by atoms with E-state index in [4.69, 9.17) is 9.90 Å². The van der Waals surface area contributed by atoms with Gasteiger partial charge in [-0.2, -0.15) is 18.2 Å². The van der Waals surface area contributed by atoms with Crippen LogP contribution in [0.25, 0.3) is 0 Å². The number of nitrogens with zero attached hydrogens (tertiary/aromatic N) is 3. The van der Waals surface area contributed by atoms with Crippen LogP contribution in [0, 0.1) is 0 Å². The minimum absolute atomic E-state index is 0.00348. The number of hydrogen-bond acceptors (Lipinski definition) is 6. The van der Waals surface area contributed by atoms with Crippen molar-refractivity contribution < 1.29 is 37.8 Å². The number of carboxylic acids is 2. The lowest BCUT2D eigenvalue weighted by molar-refractivity contribution is -0.192. The number of fused-ring (bicyclic) bond motifs is 1. The van der Waals surface area contributed by atoms with Crippen molar-refractivity contribution in [3.05, 3.63) is 41.2 Å². The second-order valence-corrected chi connectivity index (χ2v) is 8.56. The Hall–Kier alpha value is -3.64. The number of carbonyl (C=O) groups is 3. The summed E-state index contributed by atoms with van der Waals surface area (Å²) in [5, 5.41) is 26.4. The average Bonchev–Trinajstić information content (AvgIpc) is 3.17. The minimum Gasteiger partial charge on any atom is -0.481 e. The summed E-state index contributed by atoms with van der Waals surface area (Å²) < 4.78 is 33.4. The van der Waals surface area contributed by atoms with Crippen LogP contribution >= 0.6 is 0 Å². The molecule has 1 aromatic carbocycles. The fraction of sp³-hybridized carbons (Fsp3) is 0.476. The third-order valence-electron chi connectivity index (χ3n) is 4.81. The highest BCUT2D eigenvalue weighted by Gasteiger charge is 2.38. The number of carboxylic acid groups (broad SMARTS) is 2. The van der Waals surface area contributed by atoms with E-state index in [0.29, 0.717) is 12.5 Å². The third-order valence-corrected chi connectivity index (χ3v) is 4.81. The van der Waals surface area contributed by atoms with E-state index in [9.17, 15) is 27.9 Å². The quantitative estimate of drug-likeness (QED) is 0.506. The topological polar surface area (TPSA) is 146 Å². The molecule has 1 amide bonds. The van der Waals surface area contributed by atoms with Gasteiger partial charge in [-0.25, -0.2) is 9.48 Å². The molecule has 2 heterocycles. The highest BCUT2D eigenvalue weighted by atomic mass is 19.4. The molecule has 0 radical (unpaired) electrons. The van der Waals surface area contributed by atoms with Crippen LogP contribution in [0.1, 0.15) is 61.4 Å². The molecule has 3 rings (SSSR count). The summed E-state index contributed by atoms with van der Waals surface area (Å²) >= 11 is 0. The number of anilines is 1. The first-order valence-corrected chi connectivity index (χ1v) is 10.3. The van der Waals surface area contributed by atoms with Gasteiger partial charge in [-0.3, -0.25) is 9.59 Å². The van der Waals surface area contributed by atoms with Crippen LogP contribution in [0.2, 0.25) is 0 Å². The van der Waals surface area contributed by atoms with Gasteiger partial charge in [-0.15, -0.1) is 5.10 Å². The van der Waals surface area contributed by atoms with Crippen LogP contribution in [0.15, 0.2) is 24.3 Å². The van der Waals surface area contributed by atoms with Crippen molar-refractivity contribution in [3.8, 4) is 0 Å². The third kappa shape index (κ3) is 7.46. The number of halogens is 3. The molecular weight excluding hydrogens is 459 g/mol. The van der Waals surface area contributed by atoms with Crippen LogP contribution < -0.4 is 10.6 Å². The Morgan fingerprint density at radius 1 is 1.15 bits per heavy atom. The van der Waals surface area contributed by atoms with Crippen molar-refractivity contribution >= 4 is 23.8 Å². The van der Waals surface area contributed by atoms with E-state index in [1.807, 2.05) is 24.3 Å². The van der Waals surface area contributed by atoms with Crippen molar-refractivity contribution in [1.82, 2.24) is 20.1 Å². The van der Waals surface area contributed by atoms with Crippen LogP contribution in [0.5, 0.6) is 0 Å². The van der Waals surface area contributed by atoms with E-state index < -0.39 is 30.1 Å². The van der Waals surface area contributed by atoms with Crippen molar-refractivity contribution in [2.45, 2.75) is 57.8 Å². The minimum atomic E-state index is -5.08. The average molecular weight is 485 g/mol. The fourth-order valence-corrected chi connectivity index (χ4v) is 3.02. The summed E-state index contributed by atoms with van der Waals surface area (Å²) in [6.07, 6.45) is -4.38. The molecule has 34 heavy (non-hydrogen) atoms. The Labute approximate surface area is 193 Å². The maximum Gasteiger partial charge on any atom is 0.490 e. The number of aryl methyl sites for hydroxylation is 1. The van der Waals surface area contributed by atoms with Gasteiger partial charge < -0.3 is 20.8 Å². The Bertz CT molecular complexity index is 1010. The van der Waals surface area contributed by atoms with Gasteiger partial charge in [-0.1, -0.05) is 45.0 Å². The molecule has 10 nitrogen and oxygen atoms in total. The summed E-state index contributed by atoms with van der Waals surface area (Å²) in [7, 11) is 0. The molecule has 4 N–H and O–H groups in total. The molecule has 1 aromatic heterocycles. The van der Waals surface area contributed by atoms with Crippen molar-refractivity contribution in [2.24, 2.45) is 0 Å². The van der Waals surface area contributed by atoms with Crippen molar-refractivity contribution in [1.29, 1.82) is 0 Å². The predicted molar refractivity (Wildman–Crippen MR) is 114 cm³/mol. The molecule has 0 spiro atoms. The van der Waals surface area contributed by atoms with Gasteiger partial charge in [0.1, 0.15) is 0 Å². The number of benzene rings is 1. The normalized spacial score (nSPS) is 14.1. The lowest BCUT2D eigenvalue weighted by Gasteiger charge is -2.21. The molecule has 1 atom stereocenters. The highest BCUT2D eigenvalue weighted by molar-refractivity contribution is 5.91. The van der Waals surface area contributed by atoms with Crippen LogP contribution in [-0.4, -0.2) is 55.5 Å². The molecule has 1 unspecified atom stereocenters. The zero-order valence-corrected chi connectivity index (χ0v) is 18.8. The van der Waals surface area contributed by atoms with Crippen LogP contribution in [0.4, 0.5) is 19.1 Å². The molecule has 2 aromatic rings. The van der Waals surface area contributed by atoms with Gasteiger partial charge in [0.15, 0.2) is 0 Å². The molecule has 1 aliphatic rings. The van der Waals surface area contributed by atoms with Gasteiger partial charge in [-0.05, 0) is 23.0 Å². The molecule has 0 saturated heterocycles. The summed E-state index contributed by atoms with van der Waals surface area (Å²) in [5.41, 5.74) is 1.87. The standard InChI is InChI=1S/C19H25N5O3.C2HF3O2/c1-19(2,3)13-7-5-12(6-8-13)14(11-15(25)26)21-17(27)16-22-18-20-9-4-10-24(18)23-16;3-2(4,5)1(6)7/h5-8,14H,4,9-11H2,1-3H3,(H,21,27)(H,25,26)(H,20,22,23);(H,6,7). The lowest BCUT2D eigenvalue weighted by Crippen LogP contribution is -2.31. The number of aromatic nitrogens is 3. The van der Waals surface area contributed by atoms with Crippen LogP contribution in [0.3, 0.4) is 0 Å². The largest absolute Gasteiger partial charge is 0.490 e. The number of carbonyl (C=O) groups excluding carboxylic acids is 1. The van der Waals surface area contributed by atoms with Gasteiger partial charge in [0.25, 0.3) is 5.91 Å². The van der Waals surface area contributed by atoms with Crippen molar-refractivity contribution in [2.75, 3.05) is 11.9 Å². The number of aliphatic carboxylic acids is 2. The lowest BCUT2D eigenvalue weighted by atomic mass is 9.86. The first kappa shape index (κ1) is 26.6. The van der Waals surface area contributed by atoms with Crippen LogP contribution in [-0.2, 0) is 21.5 Å². The van der Waals surface area contributed by atoms with Gasteiger partial charge in [0.05, 0.1) is 12.5 Å². The first-order chi connectivity index (χ1) is 15.7. The highest BCUT2D eigenvalue weighted by Crippen LogP contribution is 2.25. The Kier molecular flexibility index (Phi) is 8.24. The molecule has 0 aliphatic carbocycles. The maximum atomic E-state index is 12.6. The Morgan fingerprint density at radius 2 is 1.74 bits per heavy atom. The van der Waals surface area contributed by atoms with E-state index in [-0.39, 0.29) is 17.7 Å². The predicted octanol–water partition coefficient (Wildman–Crippen LogP) is 2.97. The zero-order valence-electron chi connectivity index (χ0n) is 18.8. The van der Waals surface area contributed by atoms with E-state index in [0.717, 1.165) is 24.1 Å². The number of hydrogen-bond donors (Lipinski definition) is 4. The number of alkyl halides is 3. The van der Waals surface area contributed by atoms with Crippen molar-refractivity contribution in [3.63, 3.8) is 0 Å². The molecule has 0 fully saturated rings. The maximum absolute atomic E-state index is 12.6. The van der Waals surface area contributed by atoms with E-state index in [2.05, 4.69) is 41.5 Å². The molecule has 0 bridgehead atoms. The zero-order chi connectivity index (χ0) is 25.7. The molecule has 1 aliphatic heterocycles. The summed E-state index contributed by atoms with van der Waals surface area (Å²) in [5.74, 6) is -3.62. The fourth-order valence-electron chi connectivity index (χ4n) is 3.02. The smallest absolute Gasteiger partial charge is 0.481 e. The molecule has 13 heteroatoms. The Morgan fingerprint density at radius 3 is 2.21 bits per heavy atom. The van der Waals surface area contributed by atoms with Gasteiger partial charge in [0, 0.05) is 13.1 Å². The van der Waals surface area contributed by atoms with E-state index >= 15 is 0 Å². The summed E-state index contributed by atoms with van der Waals surface area (Å²) in [6, 6.07) is 7.00. The Balaban J connectivity index is 0.000000509. The van der Waals surface area contributed by atoms with E-state index in [1.165, 1.54) is 0 Å². The second-order valence-electron chi connectivity index (χ2n) is 8.56. The number of rotatable bonds is 5. The number of nitrogens with one attached hydrogen (secondary N) is 2. The SMILES string of the molecule is CC(C)(C)c1ccc(C(CC(=O)O)NC(=O)c2nc3n(n2)CCCN3)cc1.O=C(O)C(F)(F)F. The monoisotopic (exact) mass is 485 g/mol. The summed E-state index contributed by atoms with van der Waals surface area (Å²) in [6.45, 7) is 7.83. The molecule has 0 saturated carbocycles. The molecular formula is C21H26F3N5O5. The van der Waals surface area contributed by atoms with Gasteiger partial charge in [0.2, 0.25) is 11.8 Å². The summed E-state index contributed by atoms with van der Waals surface area (Å²) in [4.78, 5) is 37.0.